The Balaban J connectivity index is 1.92. The monoisotopic (exact) mass is 304 g/mol. The topological polar surface area (TPSA) is 81.4 Å². The number of hydrogen-bond acceptors (Lipinski definition) is 4. The summed E-state index contributed by atoms with van der Waals surface area (Å²) < 4.78 is 4.91. The van der Waals surface area contributed by atoms with Crippen molar-refractivity contribution in [3.8, 4) is 0 Å². The molecule has 0 spiro atoms. The highest BCUT2D eigenvalue weighted by Gasteiger charge is 2.14. The minimum atomic E-state index is -0.699. The first-order chi connectivity index (χ1) is 10.1. The van der Waals surface area contributed by atoms with Gasteiger partial charge in [-0.3, -0.25) is 4.79 Å². The van der Waals surface area contributed by atoms with E-state index in [0.29, 0.717) is 11.4 Å². The maximum atomic E-state index is 11.8. The van der Waals surface area contributed by atoms with E-state index in [-0.39, 0.29) is 10.6 Å². The Morgan fingerprint density at radius 3 is 2.57 bits per heavy atom. The Bertz CT molecular complexity index is 659. The molecule has 0 saturated carbocycles. The van der Waals surface area contributed by atoms with Gasteiger partial charge in [0, 0.05) is 11.4 Å². The molecule has 0 aromatic heterocycles. The number of anilines is 2. The number of halogens is 1. The van der Waals surface area contributed by atoms with Crippen LogP contribution in [0.15, 0.2) is 48.5 Å². The Kier molecular flexibility index (Phi) is 4.79. The summed E-state index contributed by atoms with van der Waals surface area (Å²) in [6.07, 6.45) is 0. The molecule has 6 heteroatoms. The van der Waals surface area contributed by atoms with Gasteiger partial charge in [-0.05, 0) is 30.3 Å². The number of para-hydroxylation sites is 1. The highest BCUT2D eigenvalue weighted by atomic mass is 35.5. The van der Waals surface area contributed by atoms with Crippen molar-refractivity contribution >= 4 is 34.9 Å². The molecule has 1 amide bonds. The zero-order valence-electron chi connectivity index (χ0n) is 11.0. The molecule has 0 radical (unpaired) electrons. The molecule has 2 aromatic carbocycles. The fraction of sp³-hybridized carbons (Fsp3) is 0.0667. The fourth-order valence-corrected chi connectivity index (χ4v) is 1.82. The number of ether oxygens (including phenoxy) is 1. The first-order valence-electron chi connectivity index (χ1n) is 6.13. The zero-order chi connectivity index (χ0) is 15.2. The molecule has 0 unspecified atom stereocenters. The summed E-state index contributed by atoms with van der Waals surface area (Å²) in [6, 6.07) is 13.3. The number of carbonyl (C=O) groups is 2. The van der Waals surface area contributed by atoms with Crippen LogP contribution < -0.4 is 11.1 Å². The van der Waals surface area contributed by atoms with E-state index in [1.807, 2.05) is 6.07 Å². The summed E-state index contributed by atoms with van der Waals surface area (Å²) in [6.45, 7) is -0.404. The zero-order valence-corrected chi connectivity index (χ0v) is 11.8. The molecule has 2 aromatic rings. The molecule has 0 saturated heterocycles. The van der Waals surface area contributed by atoms with Crippen LogP contribution in [0.5, 0.6) is 0 Å². The lowest BCUT2D eigenvalue weighted by atomic mass is 10.2. The molecule has 5 nitrogen and oxygen atoms in total. The van der Waals surface area contributed by atoms with Crippen molar-refractivity contribution in [1.82, 2.24) is 0 Å². The van der Waals surface area contributed by atoms with Crippen LogP contribution in [-0.4, -0.2) is 18.5 Å². The van der Waals surface area contributed by atoms with Gasteiger partial charge < -0.3 is 15.8 Å². The van der Waals surface area contributed by atoms with Crippen LogP contribution in [0.2, 0.25) is 5.02 Å². The van der Waals surface area contributed by atoms with Gasteiger partial charge in [-0.2, -0.15) is 0 Å². The van der Waals surface area contributed by atoms with Crippen molar-refractivity contribution in [2.75, 3.05) is 17.7 Å². The molecular formula is C15H13ClN2O3. The van der Waals surface area contributed by atoms with E-state index in [2.05, 4.69) is 5.32 Å². The molecule has 2 rings (SSSR count). The highest BCUT2D eigenvalue weighted by molar-refractivity contribution is 6.33. The van der Waals surface area contributed by atoms with Gasteiger partial charge in [-0.1, -0.05) is 29.8 Å². The third-order valence-corrected chi connectivity index (χ3v) is 2.93. The summed E-state index contributed by atoms with van der Waals surface area (Å²) in [7, 11) is 0. The van der Waals surface area contributed by atoms with E-state index in [4.69, 9.17) is 22.1 Å². The van der Waals surface area contributed by atoms with Gasteiger partial charge in [0.2, 0.25) is 0 Å². The summed E-state index contributed by atoms with van der Waals surface area (Å²) >= 11 is 5.88. The van der Waals surface area contributed by atoms with Crippen molar-refractivity contribution in [3.63, 3.8) is 0 Å². The molecule has 0 bridgehead atoms. The third kappa shape index (κ3) is 4.22. The highest BCUT2D eigenvalue weighted by Crippen LogP contribution is 2.19. The van der Waals surface area contributed by atoms with Crippen molar-refractivity contribution < 1.29 is 14.3 Å². The third-order valence-electron chi connectivity index (χ3n) is 2.60. The van der Waals surface area contributed by atoms with Crippen LogP contribution in [0, 0.1) is 0 Å². The average Bonchev–Trinajstić information content (AvgIpc) is 2.48. The number of carbonyl (C=O) groups excluding carboxylic acids is 2. The summed E-state index contributed by atoms with van der Waals surface area (Å²) in [5, 5.41) is 2.82. The molecule has 0 heterocycles. The predicted molar refractivity (Wildman–Crippen MR) is 81.2 cm³/mol. The minimum Gasteiger partial charge on any atom is -0.452 e. The summed E-state index contributed by atoms with van der Waals surface area (Å²) in [4.78, 5) is 23.5. The number of benzene rings is 2. The van der Waals surface area contributed by atoms with Crippen molar-refractivity contribution in [1.29, 1.82) is 0 Å². The van der Waals surface area contributed by atoms with Crippen LogP contribution in [0.3, 0.4) is 0 Å². The fourth-order valence-electron chi connectivity index (χ4n) is 1.63. The second-order valence-electron chi connectivity index (χ2n) is 4.23. The van der Waals surface area contributed by atoms with E-state index >= 15 is 0 Å². The standard InChI is InChI=1S/C15H13ClN2O3/c16-13-7-6-10(17)8-12(13)15(20)21-9-14(19)18-11-4-2-1-3-5-11/h1-8H,9,17H2,(H,18,19). The second-order valence-corrected chi connectivity index (χ2v) is 4.64. The van der Waals surface area contributed by atoms with Gasteiger partial charge in [-0.15, -0.1) is 0 Å². The smallest absolute Gasteiger partial charge is 0.340 e. The number of hydrogen-bond donors (Lipinski definition) is 2. The normalized spacial score (nSPS) is 9.95. The molecule has 0 atom stereocenters. The summed E-state index contributed by atoms with van der Waals surface area (Å²) in [5.74, 6) is -1.13. The lowest BCUT2D eigenvalue weighted by Crippen LogP contribution is -2.21. The molecule has 0 aliphatic heterocycles. The van der Waals surface area contributed by atoms with Gasteiger partial charge >= 0.3 is 5.97 Å². The number of nitrogen functional groups attached to an aromatic ring is 1. The van der Waals surface area contributed by atoms with Gasteiger partial charge in [0.1, 0.15) is 0 Å². The van der Waals surface area contributed by atoms with Gasteiger partial charge in [0.25, 0.3) is 5.91 Å². The quantitative estimate of drug-likeness (QED) is 0.672. The van der Waals surface area contributed by atoms with Gasteiger partial charge in [0.05, 0.1) is 10.6 Å². The first-order valence-corrected chi connectivity index (χ1v) is 6.51. The number of nitrogens with two attached hydrogens (primary N) is 1. The van der Waals surface area contributed by atoms with E-state index in [0.717, 1.165) is 0 Å². The molecule has 108 valence electrons. The SMILES string of the molecule is Nc1ccc(Cl)c(C(=O)OCC(=O)Nc2ccccc2)c1. The van der Waals surface area contributed by atoms with Crippen molar-refractivity contribution in [2.24, 2.45) is 0 Å². The maximum absolute atomic E-state index is 11.8. The molecule has 0 fully saturated rings. The van der Waals surface area contributed by atoms with Crippen LogP contribution in [-0.2, 0) is 9.53 Å². The van der Waals surface area contributed by atoms with Crippen LogP contribution in [0.4, 0.5) is 11.4 Å². The number of amides is 1. The van der Waals surface area contributed by atoms with Crippen molar-refractivity contribution in [3.05, 3.63) is 59.1 Å². The Hall–Kier alpha value is -2.53. The summed E-state index contributed by atoms with van der Waals surface area (Å²) in [5.41, 5.74) is 6.72. The van der Waals surface area contributed by atoms with Crippen LogP contribution >= 0.6 is 11.6 Å². The lowest BCUT2D eigenvalue weighted by molar-refractivity contribution is -0.119. The van der Waals surface area contributed by atoms with Crippen LogP contribution in [0.25, 0.3) is 0 Å². The molecule has 0 aliphatic carbocycles. The lowest BCUT2D eigenvalue weighted by Gasteiger charge is -2.08. The average molecular weight is 305 g/mol. The number of rotatable bonds is 4. The van der Waals surface area contributed by atoms with E-state index < -0.39 is 18.5 Å². The molecular weight excluding hydrogens is 292 g/mol. The predicted octanol–water partition coefficient (Wildman–Crippen LogP) is 2.72. The van der Waals surface area contributed by atoms with Crippen molar-refractivity contribution in [2.45, 2.75) is 0 Å². The van der Waals surface area contributed by atoms with Crippen LogP contribution in [0.1, 0.15) is 10.4 Å². The van der Waals surface area contributed by atoms with Gasteiger partial charge in [0.15, 0.2) is 6.61 Å². The number of esters is 1. The largest absolute Gasteiger partial charge is 0.452 e. The Morgan fingerprint density at radius 2 is 1.86 bits per heavy atom. The van der Waals surface area contributed by atoms with E-state index in [9.17, 15) is 9.59 Å². The Morgan fingerprint density at radius 1 is 1.14 bits per heavy atom. The molecule has 3 N–H and O–H groups in total. The molecule has 0 aliphatic rings. The number of nitrogens with one attached hydrogen (secondary N) is 1. The Labute approximate surface area is 126 Å². The van der Waals surface area contributed by atoms with Gasteiger partial charge in [-0.25, -0.2) is 4.79 Å². The molecule has 21 heavy (non-hydrogen) atoms. The first kappa shape index (κ1) is 14.9. The minimum absolute atomic E-state index is 0.129. The van der Waals surface area contributed by atoms with E-state index in [1.54, 1.807) is 30.3 Å². The van der Waals surface area contributed by atoms with E-state index in [1.165, 1.54) is 12.1 Å². The second kappa shape index (κ2) is 6.76. The maximum Gasteiger partial charge on any atom is 0.340 e.